The predicted molar refractivity (Wildman–Crippen MR) is 86.7 cm³/mol. The van der Waals surface area contributed by atoms with E-state index in [2.05, 4.69) is 43.4 Å². The lowest BCUT2D eigenvalue weighted by Crippen LogP contribution is -2.35. The molecule has 3 rings (SSSR count). The van der Waals surface area contributed by atoms with Crippen LogP contribution in [0.5, 0.6) is 0 Å². The SMILES string of the molecule is Cc1ccc(NC2CC(=O)N(C)c3ccccc32)c(C)c1. The first-order valence-electron chi connectivity index (χ1n) is 7.25. The summed E-state index contributed by atoms with van der Waals surface area (Å²) in [6.07, 6.45) is 0.487. The summed E-state index contributed by atoms with van der Waals surface area (Å²) in [5, 5.41) is 3.54. The van der Waals surface area contributed by atoms with Crippen LogP contribution in [0.4, 0.5) is 11.4 Å². The van der Waals surface area contributed by atoms with Gasteiger partial charge in [-0.3, -0.25) is 4.79 Å². The van der Waals surface area contributed by atoms with Gasteiger partial charge in [0.15, 0.2) is 0 Å². The Morgan fingerprint density at radius 1 is 1.14 bits per heavy atom. The number of amides is 1. The normalized spacial score (nSPS) is 17.6. The fourth-order valence-electron chi connectivity index (χ4n) is 2.94. The lowest BCUT2D eigenvalue weighted by molar-refractivity contribution is -0.118. The van der Waals surface area contributed by atoms with Crippen molar-refractivity contribution >= 4 is 17.3 Å². The van der Waals surface area contributed by atoms with E-state index in [4.69, 9.17) is 0 Å². The molecule has 1 heterocycles. The molecule has 21 heavy (non-hydrogen) atoms. The van der Waals surface area contributed by atoms with Gasteiger partial charge in [0.1, 0.15) is 0 Å². The molecule has 1 aliphatic rings. The van der Waals surface area contributed by atoms with E-state index in [1.54, 1.807) is 4.90 Å². The molecule has 2 aromatic rings. The highest BCUT2D eigenvalue weighted by Crippen LogP contribution is 2.36. The molecular formula is C18H20N2O. The molecule has 0 aromatic heterocycles. The van der Waals surface area contributed by atoms with E-state index >= 15 is 0 Å². The van der Waals surface area contributed by atoms with Crippen molar-refractivity contribution < 1.29 is 4.79 Å². The van der Waals surface area contributed by atoms with Gasteiger partial charge in [-0.2, -0.15) is 0 Å². The van der Waals surface area contributed by atoms with E-state index in [9.17, 15) is 4.79 Å². The Morgan fingerprint density at radius 2 is 1.90 bits per heavy atom. The largest absolute Gasteiger partial charge is 0.377 e. The van der Waals surface area contributed by atoms with Crippen molar-refractivity contribution in [3.8, 4) is 0 Å². The number of aryl methyl sites for hydroxylation is 2. The smallest absolute Gasteiger partial charge is 0.229 e. The van der Waals surface area contributed by atoms with Crippen LogP contribution in [0.15, 0.2) is 42.5 Å². The molecule has 108 valence electrons. The van der Waals surface area contributed by atoms with Gasteiger partial charge in [0.2, 0.25) is 5.91 Å². The minimum Gasteiger partial charge on any atom is -0.377 e. The van der Waals surface area contributed by atoms with Gasteiger partial charge in [-0.25, -0.2) is 0 Å². The van der Waals surface area contributed by atoms with Crippen molar-refractivity contribution in [2.24, 2.45) is 0 Å². The van der Waals surface area contributed by atoms with Crippen LogP contribution in [0, 0.1) is 13.8 Å². The second-order valence-electron chi connectivity index (χ2n) is 5.73. The van der Waals surface area contributed by atoms with Crippen molar-refractivity contribution in [2.45, 2.75) is 26.3 Å². The summed E-state index contributed by atoms with van der Waals surface area (Å²) >= 11 is 0. The molecule has 1 amide bonds. The highest BCUT2D eigenvalue weighted by molar-refractivity contribution is 5.97. The lowest BCUT2D eigenvalue weighted by Gasteiger charge is -2.32. The molecule has 0 aliphatic carbocycles. The Morgan fingerprint density at radius 3 is 2.67 bits per heavy atom. The van der Waals surface area contributed by atoms with E-state index in [0.717, 1.165) is 11.4 Å². The Balaban J connectivity index is 1.96. The van der Waals surface area contributed by atoms with Crippen molar-refractivity contribution in [3.63, 3.8) is 0 Å². The third kappa shape index (κ3) is 2.51. The average molecular weight is 280 g/mol. The summed E-state index contributed by atoms with van der Waals surface area (Å²) in [7, 11) is 1.84. The maximum absolute atomic E-state index is 12.2. The van der Waals surface area contributed by atoms with Gasteiger partial charge in [-0.05, 0) is 37.1 Å². The molecule has 0 spiro atoms. The van der Waals surface area contributed by atoms with Gasteiger partial charge in [0.25, 0.3) is 0 Å². The second-order valence-corrected chi connectivity index (χ2v) is 5.73. The maximum Gasteiger partial charge on any atom is 0.229 e. The number of fused-ring (bicyclic) bond motifs is 1. The van der Waals surface area contributed by atoms with Gasteiger partial charge >= 0.3 is 0 Å². The van der Waals surface area contributed by atoms with Crippen LogP contribution < -0.4 is 10.2 Å². The fraction of sp³-hybridized carbons (Fsp3) is 0.278. The minimum atomic E-state index is 0.0336. The number of benzene rings is 2. The molecular weight excluding hydrogens is 260 g/mol. The van der Waals surface area contributed by atoms with E-state index in [1.165, 1.54) is 16.7 Å². The first-order valence-corrected chi connectivity index (χ1v) is 7.25. The Labute approximate surface area is 125 Å². The van der Waals surface area contributed by atoms with Crippen molar-refractivity contribution in [1.82, 2.24) is 0 Å². The number of para-hydroxylation sites is 1. The van der Waals surface area contributed by atoms with E-state index < -0.39 is 0 Å². The molecule has 0 saturated heterocycles. The van der Waals surface area contributed by atoms with Gasteiger partial charge < -0.3 is 10.2 Å². The lowest BCUT2D eigenvalue weighted by atomic mass is 9.95. The topological polar surface area (TPSA) is 32.3 Å². The van der Waals surface area contributed by atoms with Crippen molar-refractivity contribution in [2.75, 3.05) is 17.3 Å². The number of hydrogen-bond donors (Lipinski definition) is 1. The maximum atomic E-state index is 12.2. The first kappa shape index (κ1) is 13.7. The van der Waals surface area contributed by atoms with Crippen LogP contribution in [0.2, 0.25) is 0 Å². The molecule has 1 aliphatic heterocycles. The zero-order valence-electron chi connectivity index (χ0n) is 12.7. The number of nitrogens with zero attached hydrogens (tertiary/aromatic N) is 1. The molecule has 0 radical (unpaired) electrons. The van der Waals surface area contributed by atoms with E-state index in [1.807, 2.05) is 25.2 Å². The number of carbonyl (C=O) groups is 1. The quantitative estimate of drug-likeness (QED) is 0.907. The highest BCUT2D eigenvalue weighted by atomic mass is 16.2. The van der Waals surface area contributed by atoms with Gasteiger partial charge in [-0.1, -0.05) is 35.9 Å². The molecule has 1 unspecified atom stereocenters. The third-order valence-electron chi connectivity index (χ3n) is 4.14. The summed E-state index contributed by atoms with van der Waals surface area (Å²) in [4.78, 5) is 13.9. The minimum absolute atomic E-state index is 0.0336. The molecule has 1 N–H and O–H groups in total. The zero-order valence-corrected chi connectivity index (χ0v) is 12.7. The number of rotatable bonds is 2. The zero-order chi connectivity index (χ0) is 15.0. The van der Waals surface area contributed by atoms with Crippen LogP contribution in [0.3, 0.4) is 0 Å². The molecule has 0 saturated carbocycles. The van der Waals surface area contributed by atoms with Crippen LogP contribution in [-0.2, 0) is 4.79 Å². The number of carbonyl (C=O) groups excluding carboxylic acids is 1. The number of anilines is 2. The Hall–Kier alpha value is -2.29. The van der Waals surface area contributed by atoms with E-state index in [0.29, 0.717) is 6.42 Å². The summed E-state index contributed by atoms with van der Waals surface area (Å²) in [6.45, 7) is 4.18. The average Bonchev–Trinajstić information content (AvgIpc) is 2.47. The van der Waals surface area contributed by atoms with Gasteiger partial charge in [0.05, 0.1) is 12.5 Å². The summed E-state index contributed by atoms with van der Waals surface area (Å²) in [5.41, 5.74) is 5.73. The van der Waals surface area contributed by atoms with Crippen LogP contribution in [0.1, 0.15) is 29.2 Å². The monoisotopic (exact) mass is 280 g/mol. The number of nitrogens with one attached hydrogen (secondary N) is 1. The molecule has 0 bridgehead atoms. The van der Waals surface area contributed by atoms with Crippen LogP contribution in [-0.4, -0.2) is 13.0 Å². The van der Waals surface area contributed by atoms with Crippen molar-refractivity contribution in [1.29, 1.82) is 0 Å². The fourth-order valence-corrected chi connectivity index (χ4v) is 2.94. The van der Waals surface area contributed by atoms with Crippen LogP contribution in [0.25, 0.3) is 0 Å². The van der Waals surface area contributed by atoms with Crippen LogP contribution >= 0.6 is 0 Å². The number of hydrogen-bond acceptors (Lipinski definition) is 2. The standard InChI is InChI=1S/C18H20N2O/c1-12-8-9-15(13(2)10-12)19-16-11-18(21)20(3)17-7-5-4-6-14(16)17/h4-10,16,19H,11H2,1-3H3. The summed E-state index contributed by atoms with van der Waals surface area (Å²) in [5.74, 6) is 0.149. The molecule has 3 heteroatoms. The third-order valence-corrected chi connectivity index (χ3v) is 4.14. The summed E-state index contributed by atoms with van der Waals surface area (Å²) in [6, 6.07) is 14.5. The second kappa shape index (κ2) is 5.24. The Bertz CT molecular complexity index is 693. The van der Waals surface area contributed by atoms with Crippen molar-refractivity contribution in [3.05, 3.63) is 59.2 Å². The Kier molecular flexibility index (Phi) is 3.42. The van der Waals surface area contributed by atoms with Gasteiger partial charge in [-0.15, -0.1) is 0 Å². The molecule has 0 fully saturated rings. The van der Waals surface area contributed by atoms with E-state index in [-0.39, 0.29) is 11.9 Å². The molecule has 1 atom stereocenters. The molecule has 3 nitrogen and oxygen atoms in total. The first-order chi connectivity index (χ1) is 10.1. The van der Waals surface area contributed by atoms with Gasteiger partial charge in [0, 0.05) is 18.4 Å². The molecule has 2 aromatic carbocycles. The summed E-state index contributed by atoms with van der Waals surface area (Å²) < 4.78 is 0. The predicted octanol–water partition coefficient (Wildman–Crippen LogP) is 3.82. The highest BCUT2D eigenvalue weighted by Gasteiger charge is 2.28.